The molecule has 1 amide bonds. The Hall–Kier alpha value is -0.370. The number of hydrogen-bond acceptors (Lipinski definition) is 4. The maximum Gasteiger partial charge on any atom is 0.220 e. The molecule has 0 spiro atoms. The van der Waals surface area contributed by atoms with E-state index in [2.05, 4.69) is 5.32 Å². The molecule has 6 nitrogen and oxygen atoms in total. The van der Waals surface area contributed by atoms with Gasteiger partial charge >= 0.3 is 0 Å². The van der Waals surface area contributed by atoms with Gasteiger partial charge in [-0.2, -0.15) is 0 Å². The maximum atomic E-state index is 11.7. The van der Waals surface area contributed by atoms with E-state index in [9.17, 15) is 13.2 Å². The van der Waals surface area contributed by atoms with Gasteiger partial charge in [-0.15, -0.1) is 12.4 Å². The molecule has 1 aliphatic heterocycles. The number of nitrogens with one attached hydrogen (secondary N) is 1. The fraction of sp³-hybridized carbons (Fsp3) is 0.917. The van der Waals surface area contributed by atoms with Crippen LogP contribution in [0.1, 0.15) is 32.1 Å². The van der Waals surface area contributed by atoms with E-state index in [4.69, 9.17) is 5.73 Å². The van der Waals surface area contributed by atoms with Crippen LogP contribution >= 0.6 is 12.4 Å². The Morgan fingerprint density at radius 1 is 1.30 bits per heavy atom. The van der Waals surface area contributed by atoms with E-state index >= 15 is 0 Å². The van der Waals surface area contributed by atoms with Crippen molar-refractivity contribution in [2.24, 2.45) is 11.7 Å². The Labute approximate surface area is 126 Å². The third-order valence-electron chi connectivity index (χ3n) is 4.05. The van der Waals surface area contributed by atoms with Crippen molar-refractivity contribution in [1.82, 2.24) is 9.62 Å². The third-order valence-corrected chi connectivity index (χ3v) is 6.01. The lowest BCUT2D eigenvalue weighted by molar-refractivity contribution is -0.122. The predicted molar refractivity (Wildman–Crippen MR) is 80.2 cm³/mol. The van der Waals surface area contributed by atoms with Crippen LogP contribution in [0.4, 0.5) is 0 Å². The Balaban J connectivity index is 0.00000200. The molecule has 0 bridgehead atoms. The molecule has 118 valence electrons. The van der Waals surface area contributed by atoms with Gasteiger partial charge in [0.2, 0.25) is 15.9 Å². The normalized spacial score (nSPS) is 29.1. The van der Waals surface area contributed by atoms with Crippen molar-refractivity contribution >= 4 is 28.3 Å². The second kappa shape index (κ2) is 7.59. The molecule has 8 heteroatoms. The lowest BCUT2D eigenvalue weighted by atomic mass is 10.00. The van der Waals surface area contributed by atoms with Crippen molar-refractivity contribution in [3.05, 3.63) is 0 Å². The molecular formula is C12H24ClN3O3S. The molecule has 0 unspecified atom stereocenters. The zero-order chi connectivity index (χ0) is 13.9. The topological polar surface area (TPSA) is 92.5 Å². The number of nitrogens with zero attached hydrogens (tertiary/aromatic N) is 1. The van der Waals surface area contributed by atoms with Crippen LogP contribution in [0.25, 0.3) is 0 Å². The molecule has 2 rings (SSSR count). The van der Waals surface area contributed by atoms with Gasteiger partial charge in [-0.05, 0) is 25.2 Å². The van der Waals surface area contributed by atoms with Crippen molar-refractivity contribution in [1.29, 1.82) is 0 Å². The first kappa shape index (κ1) is 17.7. The first-order valence-electron chi connectivity index (χ1n) is 6.99. The van der Waals surface area contributed by atoms with Crippen molar-refractivity contribution in [3.63, 3.8) is 0 Å². The van der Waals surface area contributed by atoms with E-state index in [1.54, 1.807) is 0 Å². The summed E-state index contributed by atoms with van der Waals surface area (Å²) in [7, 11) is -3.05. The number of halogens is 1. The van der Waals surface area contributed by atoms with Gasteiger partial charge in [0.1, 0.15) is 0 Å². The van der Waals surface area contributed by atoms with Crippen molar-refractivity contribution in [3.8, 4) is 0 Å². The quantitative estimate of drug-likeness (QED) is 0.748. The molecule has 1 heterocycles. The molecular weight excluding hydrogens is 302 g/mol. The SMILES string of the molecule is Cl.N[C@@H]1CCC[C@H]1CC(=O)NCCN1CCCS1(=O)=O. The summed E-state index contributed by atoms with van der Waals surface area (Å²) in [6.45, 7) is 1.34. The largest absolute Gasteiger partial charge is 0.355 e. The van der Waals surface area contributed by atoms with Gasteiger partial charge in [-0.25, -0.2) is 12.7 Å². The highest BCUT2D eigenvalue weighted by atomic mass is 35.5. The average molecular weight is 326 g/mol. The van der Waals surface area contributed by atoms with Gasteiger partial charge in [-0.1, -0.05) is 6.42 Å². The van der Waals surface area contributed by atoms with Gasteiger partial charge in [0, 0.05) is 32.1 Å². The molecule has 2 aliphatic rings. The van der Waals surface area contributed by atoms with Crippen LogP contribution < -0.4 is 11.1 Å². The van der Waals surface area contributed by atoms with E-state index in [-0.39, 0.29) is 36.0 Å². The minimum Gasteiger partial charge on any atom is -0.355 e. The van der Waals surface area contributed by atoms with Gasteiger partial charge in [-0.3, -0.25) is 4.79 Å². The van der Waals surface area contributed by atoms with Crippen molar-refractivity contribution < 1.29 is 13.2 Å². The summed E-state index contributed by atoms with van der Waals surface area (Å²) >= 11 is 0. The second-order valence-electron chi connectivity index (χ2n) is 5.48. The fourth-order valence-corrected chi connectivity index (χ4v) is 4.42. The highest BCUT2D eigenvalue weighted by Crippen LogP contribution is 2.26. The third kappa shape index (κ3) is 4.58. The molecule has 1 saturated heterocycles. The smallest absolute Gasteiger partial charge is 0.220 e. The summed E-state index contributed by atoms with van der Waals surface area (Å²) in [5, 5.41) is 2.79. The number of rotatable bonds is 5. The van der Waals surface area contributed by atoms with Crippen LogP contribution in [0, 0.1) is 5.92 Å². The number of amides is 1. The Bertz CT molecular complexity index is 430. The molecule has 0 radical (unpaired) electrons. The van der Waals surface area contributed by atoms with Gasteiger partial charge in [0.15, 0.2) is 0 Å². The predicted octanol–water partition coefficient (Wildman–Crippen LogP) is 0.0774. The highest BCUT2D eigenvalue weighted by Gasteiger charge is 2.28. The molecule has 20 heavy (non-hydrogen) atoms. The zero-order valence-corrected chi connectivity index (χ0v) is 13.2. The minimum absolute atomic E-state index is 0. The van der Waals surface area contributed by atoms with Gasteiger partial charge in [0.25, 0.3) is 0 Å². The number of carbonyl (C=O) groups excluding carboxylic acids is 1. The summed E-state index contributed by atoms with van der Waals surface area (Å²) < 4.78 is 24.6. The summed E-state index contributed by atoms with van der Waals surface area (Å²) in [6, 6.07) is 0.143. The summed E-state index contributed by atoms with van der Waals surface area (Å²) in [4.78, 5) is 11.7. The second-order valence-corrected chi connectivity index (χ2v) is 7.57. The Morgan fingerprint density at radius 3 is 2.60 bits per heavy atom. The lowest BCUT2D eigenvalue weighted by Crippen LogP contribution is -2.37. The van der Waals surface area contributed by atoms with Crippen LogP contribution in [0.15, 0.2) is 0 Å². The highest BCUT2D eigenvalue weighted by molar-refractivity contribution is 7.89. The fourth-order valence-electron chi connectivity index (χ4n) is 2.89. The molecule has 1 saturated carbocycles. The molecule has 0 aromatic heterocycles. The van der Waals surface area contributed by atoms with Gasteiger partial charge < -0.3 is 11.1 Å². The maximum absolute atomic E-state index is 11.7. The number of carbonyl (C=O) groups is 1. The molecule has 3 N–H and O–H groups in total. The molecule has 0 aromatic rings. The molecule has 1 aliphatic carbocycles. The summed E-state index contributed by atoms with van der Waals surface area (Å²) in [5.41, 5.74) is 5.92. The Kier molecular flexibility index (Phi) is 6.71. The molecule has 0 aromatic carbocycles. The lowest BCUT2D eigenvalue weighted by Gasteiger charge is -2.17. The van der Waals surface area contributed by atoms with Crippen molar-refractivity contribution in [2.45, 2.75) is 38.1 Å². The standard InChI is InChI=1S/C12H23N3O3S.ClH/c13-11-4-1-3-10(11)9-12(16)14-5-7-15-6-2-8-19(15,17)18;/h10-11H,1-9,13H2,(H,14,16);1H/t10-,11+;/m0./s1. The average Bonchev–Trinajstić information content (AvgIpc) is 2.87. The van der Waals surface area contributed by atoms with E-state index in [0.29, 0.717) is 32.5 Å². The van der Waals surface area contributed by atoms with Crippen LogP contribution in [-0.4, -0.2) is 50.1 Å². The van der Waals surface area contributed by atoms with Crippen LogP contribution in [0.2, 0.25) is 0 Å². The molecule has 2 atom stereocenters. The minimum atomic E-state index is -3.05. The number of hydrogen-bond donors (Lipinski definition) is 2. The van der Waals surface area contributed by atoms with Crippen LogP contribution in [0.3, 0.4) is 0 Å². The summed E-state index contributed by atoms with van der Waals surface area (Å²) in [5.74, 6) is 0.507. The van der Waals surface area contributed by atoms with Crippen LogP contribution in [0.5, 0.6) is 0 Å². The van der Waals surface area contributed by atoms with E-state index in [0.717, 1.165) is 19.3 Å². The molecule has 2 fully saturated rings. The van der Waals surface area contributed by atoms with E-state index in [1.165, 1.54) is 4.31 Å². The Morgan fingerprint density at radius 2 is 2.05 bits per heavy atom. The zero-order valence-electron chi connectivity index (χ0n) is 11.6. The first-order valence-corrected chi connectivity index (χ1v) is 8.60. The van der Waals surface area contributed by atoms with E-state index in [1.807, 2.05) is 0 Å². The number of sulfonamides is 1. The first-order chi connectivity index (χ1) is 8.99. The van der Waals surface area contributed by atoms with E-state index < -0.39 is 10.0 Å². The monoisotopic (exact) mass is 325 g/mol. The van der Waals surface area contributed by atoms with Crippen molar-refractivity contribution in [2.75, 3.05) is 25.4 Å². The number of nitrogens with two attached hydrogens (primary N) is 1. The van der Waals surface area contributed by atoms with Crippen LogP contribution in [-0.2, 0) is 14.8 Å². The summed E-state index contributed by atoms with van der Waals surface area (Å²) in [6.07, 6.45) is 4.28. The van der Waals surface area contributed by atoms with Gasteiger partial charge in [0.05, 0.1) is 5.75 Å².